The second-order valence-electron chi connectivity index (χ2n) is 8.80. The molecule has 180 valence electrons. The van der Waals surface area contributed by atoms with E-state index < -0.39 is 15.8 Å². The fraction of sp³-hybridized carbons (Fsp3) is 0.667. The van der Waals surface area contributed by atoms with Gasteiger partial charge in [-0.25, -0.2) is 8.42 Å². The highest BCUT2D eigenvalue weighted by Crippen LogP contribution is 2.36. The Morgan fingerprint density at radius 2 is 1.91 bits per heavy atom. The number of hydrogen-bond donors (Lipinski definition) is 0. The molecule has 33 heavy (non-hydrogen) atoms. The van der Waals surface area contributed by atoms with Crippen molar-refractivity contribution in [3.05, 3.63) is 16.8 Å². The van der Waals surface area contributed by atoms with Crippen LogP contribution in [0.5, 0.6) is 0 Å². The van der Waals surface area contributed by atoms with Gasteiger partial charge >= 0.3 is 0 Å². The lowest BCUT2D eigenvalue weighted by atomic mass is 9.96. The van der Waals surface area contributed by atoms with Crippen molar-refractivity contribution < 1.29 is 27.2 Å². The van der Waals surface area contributed by atoms with E-state index in [4.69, 9.17) is 14.0 Å². The maximum atomic E-state index is 13.5. The molecule has 2 aromatic heterocycles. The van der Waals surface area contributed by atoms with Gasteiger partial charge < -0.3 is 18.9 Å². The number of carbonyl (C=O) groups excluding carboxylic acids is 1. The van der Waals surface area contributed by atoms with Gasteiger partial charge in [-0.3, -0.25) is 4.79 Å². The van der Waals surface area contributed by atoms with Crippen LogP contribution in [0.1, 0.15) is 36.5 Å². The maximum absolute atomic E-state index is 13.5. The summed E-state index contributed by atoms with van der Waals surface area (Å²) < 4.78 is 44.9. The largest absolute Gasteiger partial charge is 0.347 e. The Kier molecular flexibility index (Phi) is 6.06. The van der Waals surface area contributed by atoms with Gasteiger partial charge in [0.05, 0.1) is 28.9 Å². The monoisotopic (exact) mass is 496 g/mol. The van der Waals surface area contributed by atoms with Crippen LogP contribution in [0.25, 0.3) is 10.7 Å². The number of hydrogen-bond acceptors (Lipinski definition) is 9. The number of thiophene rings is 1. The van der Waals surface area contributed by atoms with Crippen molar-refractivity contribution in [1.82, 2.24) is 19.3 Å². The Labute approximate surface area is 196 Å². The molecule has 1 unspecified atom stereocenters. The molecule has 3 fully saturated rings. The number of rotatable bonds is 4. The minimum atomic E-state index is -3.74. The van der Waals surface area contributed by atoms with Gasteiger partial charge in [0.2, 0.25) is 27.6 Å². The van der Waals surface area contributed by atoms with E-state index in [0.29, 0.717) is 80.0 Å². The van der Waals surface area contributed by atoms with Crippen LogP contribution >= 0.6 is 11.3 Å². The zero-order valence-corrected chi connectivity index (χ0v) is 20.4. The van der Waals surface area contributed by atoms with Crippen molar-refractivity contribution in [3.63, 3.8) is 0 Å². The molecule has 3 saturated heterocycles. The molecule has 3 aliphatic rings. The van der Waals surface area contributed by atoms with Crippen LogP contribution in [0.15, 0.2) is 15.5 Å². The Hall–Kier alpha value is -1.86. The molecule has 1 atom stereocenters. The lowest BCUT2D eigenvalue weighted by molar-refractivity contribution is -0.188. The lowest BCUT2D eigenvalue weighted by Gasteiger charge is -2.40. The first-order valence-corrected chi connectivity index (χ1v) is 13.5. The summed E-state index contributed by atoms with van der Waals surface area (Å²) in [4.78, 5) is 20.8. The summed E-state index contributed by atoms with van der Waals surface area (Å²) in [5, 5.41) is 3.90. The molecule has 2 aromatic rings. The number of aromatic nitrogens is 2. The average Bonchev–Trinajstić information content (AvgIpc) is 3.54. The summed E-state index contributed by atoms with van der Waals surface area (Å²) in [5.41, 5.74) is 0. The molecule has 0 N–H and O–H groups in total. The van der Waals surface area contributed by atoms with Crippen molar-refractivity contribution in [3.8, 4) is 10.7 Å². The van der Waals surface area contributed by atoms with Crippen molar-refractivity contribution in [2.45, 2.75) is 50.2 Å². The van der Waals surface area contributed by atoms with Gasteiger partial charge in [0, 0.05) is 50.8 Å². The van der Waals surface area contributed by atoms with Gasteiger partial charge in [-0.05, 0) is 25.8 Å². The van der Waals surface area contributed by atoms with Crippen molar-refractivity contribution in [1.29, 1.82) is 0 Å². The normalized spacial score (nSPS) is 23.9. The molecule has 3 aliphatic heterocycles. The van der Waals surface area contributed by atoms with Gasteiger partial charge in [-0.1, -0.05) is 5.16 Å². The summed E-state index contributed by atoms with van der Waals surface area (Å²) in [6, 6.07) is 1.61. The van der Waals surface area contributed by atoms with Gasteiger partial charge in [-0.2, -0.15) is 9.29 Å². The Bertz CT molecular complexity index is 1130. The van der Waals surface area contributed by atoms with E-state index in [9.17, 15) is 13.2 Å². The second-order valence-corrected chi connectivity index (χ2v) is 12.0. The van der Waals surface area contributed by atoms with Crippen LogP contribution in [0, 0.1) is 19.8 Å². The summed E-state index contributed by atoms with van der Waals surface area (Å²) in [7, 11) is -3.74. The molecular weight excluding hydrogens is 468 g/mol. The van der Waals surface area contributed by atoms with Crippen LogP contribution in [-0.4, -0.2) is 78.9 Å². The average molecular weight is 497 g/mol. The third kappa shape index (κ3) is 4.34. The van der Waals surface area contributed by atoms with Crippen LogP contribution < -0.4 is 0 Å². The molecule has 0 bridgehead atoms. The Morgan fingerprint density at radius 3 is 2.58 bits per heavy atom. The molecule has 12 heteroatoms. The smallest absolute Gasteiger partial charge is 0.244 e. The van der Waals surface area contributed by atoms with Gasteiger partial charge in [0.1, 0.15) is 0 Å². The van der Waals surface area contributed by atoms with Crippen molar-refractivity contribution >= 4 is 27.3 Å². The first-order valence-electron chi connectivity index (χ1n) is 11.3. The third-order valence-electron chi connectivity index (χ3n) is 6.62. The van der Waals surface area contributed by atoms with E-state index in [0.717, 1.165) is 0 Å². The fourth-order valence-electron chi connectivity index (χ4n) is 4.84. The summed E-state index contributed by atoms with van der Waals surface area (Å²) in [5.74, 6) is -0.0529. The van der Waals surface area contributed by atoms with E-state index in [2.05, 4.69) is 10.1 Å². The molecule has 5 rings (SSSR count). The quantitative estimate of drug-likeness (QED) is 0.633. The predicted molar refractivity (Wildman–Crippen MR) is 119 cm³/mol. The summed E-state index contributed by atoms with van der Waals surface area (Å²) >= 11 is 1.32. The predicted octanol–water partition coefficient (Wildman–Crippen LogP) is 2.18. The molecule has 0 saturated carbocycles. The zero-order valence-electron chi connectivity index (χ0n) is 18.8. The van der Waals surface area contributed by atoms with Crippen LogP contribution in [0.2, 0.25) is 0 Å². The first kappa shape index (κ1) is 22.9. The number of likely N-dealkylation sites (tertiary alicyclic amines) is 1. The van der Waals surface area contributed by atoms with E-state index in [1.54, 1.807) is 19.9 Å². The highest BCUT2D eigenvalue weighted by molar-refractivity contribution is 7.89. The minimum Gasteiger partial charge on any atom is -0.347 e. The zero-order chi connectivity index (χ0) is 23.2. The standard InChI is InChI=1S/C21H28N4O6S2/c1-14-18(12-17(32-14)19-22-15(2)31-23-19)33(27,28)25-7-3-4-16(13-25)20(26)24-8-5-21(6-9-24)29-10-11-30-21/h12,16H,3-11,13H2,1-2H3. The highest BCUT2D eigenvalue weighted by atomic mass is 32.2. The maximum Gasteiger partial charge on any atom is 0.244 e. The van der Waals surface area contributed by atoms with Crippen LogP contribution in [0.4, 0.5) is 0 Å². The van der Waals surface area contributed by atoms with Crippen molar-refractivity contribution in [2.75, 3.05) is 39.4 Å². The number of amides is 1. The third-order valence-corrected chi connectivity index (χ3v) is 9.79. The number of sulfonamides is 1. The van der Waals surface area contributed by atoms with Gasteiger partial charge in [0.15, 0.2) is 5.79 Å². The SMILES string of the molecule is Cc1nc(-c2cc(S(=O)(=O)N3CCCC(C(=O)N4CCC5(CC4)OCCO5)C3)c(C)s2)no1. The number of nitrogens with zero attached hydrogens (tertiary/aromatic N) is 4. The second kappa shape index (κ2) is 8.73. The van der Waals surface area contributed by atoms with Crippen molar-refractivity contribution in [2.24, 2.45) is 5.92 Å². The fourth-order valence-corrected chi connectivity index (χ4v) is 7.85. The summed E-state index contributed by atoms with van der Waals surface area (Å²) in [6.07, 6.45) is 2.65. The van der Waals surface area contributed by atoms with Gasteiger partial charge in [0.25, 0.3) is 0 Å². The minimum absolute atomic E-state index is 0.0211. The number of piperidine rings is 2. The van der Waals surface area contributed by atoms with Gasteiger partial charge in [-0.15, -0.1) is 11.3 Å². The molecule has 0 radical (unpaired) electrons. The van der Waals surface area contributed by atoms with E-state index in [1.807, 2.05) is 4.90 Å². The highest BCUT2D eigenvalue weighted by Gasteiger charge is 2.43. The number of aryl methyl sites for hydroxylation is 2. The first-order chi connectivity index (χ1) is 15.8. The topological polar surface area (TPSA) is 115 Å². The molecule has 0 aromatic carbocycles. The molecule has 0 aliphatic carbocycles. The van der Waals surface area contributed by atoms with E-state index in [1.165, 1.54) is 15.6 Å². The lowest BCUT2D eigenvalue weighted by Crippen LogP contribution is -2.51. The van der Waals surface area contributed by atoms with Crippen LogP contribution in [-0.2, 0) is 24.3 Å². The number of carbonyl (C=O) groups is 1. The van der Waals surface area contributed by atoms with Crippen LogP contribution in [0.3, 0.4) is 0 Å². The molecule has 1 amide bonds. The Morgan fingerprint density at radius 1 is 1.18 bits per heavy atom. The summed E-state index contributed by atoms with van der Waals surface area (Å²) in [6.45, 7) is 6.40. The molecule has 10 nitrogen and oxygen atoms in total. The molecule has 1 spiro atoms. The molecule has 5 heterocycles. The van der Waals surface area contributed by atoms with E-state index in [-0.39, 0.29) is 23.3 Å². The number of ether oxygens (including phenoxy) is 2. The van der Waals surface area contributed by atoms with E-state index >= 15 is 0 Å². The Balaban J connectivity index is 1.28. The molecular formula is C21H28N4O6S2.